The molecule has 0 aliphatic carbocycles. The molecular formula is C14H22N2O. The van der Waals surface area contributed by atoms with Crippen molar-refractivity contribution in [3.8, 4) is 0 Å². The van der Waals surface area contributed by atoms with E-state index in [-0.39, 0.29) is 5.56 Å². The third kappa shape index (κ3) is 3.70. The van der Waals surface area contributed by atoms with Crippen LogP contribution >= 0.6 is 0 Å². The number of aryl methyl sites for hydroxylation is 2. The summed E-state index contributed by atoms with van der Waals surface area (Å²) < 4.78 is 1.82. The fourth-order valence-corrected chi connectivity index (χ4v) is 2.44. The first-order valence-corrected chi connectivity index (χ1v) is 6.65. The Hall–Kier alpha value is -1.09. The summed E-state index contributed by atoms with van der Waals surface area (Å²) in [4.78, 5) is 14.2. The van der Waals surface area contributed by atoms with E-state index in [9.17, 15) is 4.79 Å². The molecule has 0 unspecified atom stereocenters. The van der Waals surface area contributed by atoms with Gasteiger partial charge in [0.05, 0.1) is 0 Å². The van der Waals surface area contributed by atoms with Crippen LogP contribution in [0.3, 0.4) is 0 Å². The zero-order valence-electron chi connectivity index (χ0n) is 10.7. The summed E-state index contributed by atoms with van der Waals surface area (Å²) in [6, 6.07) is 3.71. The number of hydrogen-bond acceptors (Lipinski definition) is 2. The zero-order chi connectivity index (χ0) is 12.1. The van der Waals surface area contributed by atoms with Crippen molar-refractivity contribution in [2.24, 2.45) is 0 Å². The number of pyridine rings is 1. The number of rotatable bonds is 4. The lowest BCUT2D eigenvalue weighted by molar-refractivity contribution is 0.222. The predicted octanol–water partition coefficient (Wildman–Crippen LogP) is 2.03. The molecule has 0 bridgehead atoms. The van der Waals surface area contributed by atoms with E-state index in [1.54, 1.807) is 6.07 Å². The largest absolute Gasteiger partial charge is 0.315 e. The van der Waals surface area contributed by atoms with E-state index < -0.39 is 0 Å². The van der Waals surface area contributed by atoms with Gasteiger partial charge in [-0.25, -0.2) is 0 Å². The van der Waals surface area contributed by atoms with Gasteiger partial charge >= 0.3 is 0 Å². The summed E-state index contributed by atoms with van der Waals surface area (Å²) in [5, 5.41) is 0. The maximum Gasteiger partial charge on any atom is 0.250 e. The van der Waals surface area contributed by atoms with Crippen molar-refractivity contribution in [3.05, 3.63) is 34.2 Å². The van der Waals surface area contributed by atoms with Crippen LogP contribution in [0.1, 0.15) is 31.2 Å². The van der Waals surface area contributed by atoms with Gasteiger partial charge in [-0.05, 0) is 57.5 Å². The van der Waals surface area contributed by atoms with Crippen LogP contribution in [0.25, 0.3) is 0 Å². The molecule has 3 heteroatoms. The molecule has 0 saturated carbocycles. The molecule has 0 radical (unpaired) electrons. The minimum atomic E-state index is 0.128. The van der Waals surface area contributed by atoms with Crippen molar-refractivity contribution in [2.75, 3.05) is 19.6 Å². The number of aromatic nitrogens is 1. The highest BCUT2D eigenvalue weighted by atomic mass is 16.1. The first-order chi connectivity index (χ1) is 8.25. The van der Waals surface area contributed by atoms with Crippen LogP contribution < -0.4 is 5.56 Å². The summed E-state index contributed by atoms with van der Waals surface area (Å²) in [7, 11) is 0. The molecule has 0 spiro atoms. The molecule has 0 amide bonds. The molecule has 94 valence electrons. The van der Waals surface area contributed by atoms with Crippen LogP contribution in [0.15, 0.2) is 23.1 Å². The van der Waals surface area contributed by atoms with Crippen molar-refractivity contribution in [3.63, 3.8) is 0 Å². The summed E-state index contributed by atoms with van der Waals surface area (Å²) >= 11 is 0. The van der Waals surface area contributed by atoms with Gasteiger partial charge in [0, 0.05) is 18.8 Å². The molecule has 0 atom stereocenters. The van der Waals surface area contributed by atoms with E-state index in [2.05, 4.69) is 4.90 Å². The summed E-state index contributed by atoms with van der Waals surface area (Å²) in [6.07, 6.45) is 7.04. The molecule has 1 aromatic heterocycles. The lowest BCUT2D eigenvalue weighted by atomic mass is 10.1. The lowest BCUT2D eigenvalue weighted by Crippen LogP contribution is -2.31. The fraction of sp³-hybridized carbons (Fsp3) is 0.643. The van der Waals surface area contributed by atoms with Gasteiger partial charge in [-0.15, -0.1) is 0 Å². The van der Waals surface area contributed by atoms with Crippen LogP contribution in [0.4, 0.5) is 0 Å². The highest BCUT2D eigenvalue weighted by Crippen LogP contribution is 2.08. The summed E-state index contributed by atoms with van der Waals surface area (Å²) in [6.45, 7) is 6.40. The minimum absolute atomic E-state index is 0.128. The first-order valence-electron chi connectivity index (χ1n) is 6.65. The quantitative estimate of drug-likeness (QED) is 0.796. The van der Waals surface area contributed by atoms with Crippen molar-refractivity contribution >= 4 is 0 Å². The monoisotopic (exact) mass is 234 g/mol. The van der Waals surface area contributed by atoms with Crippen LogP contribution in [0.2, 0.25) is 0 Å². The summed E-state index contributed by atoms with van der Waals surface area (Å²) in [5.41, 5.74) is 1.17. The topological polar surface area (TPSA) is 25.2 Å². The molecular weight excluding hydrogens is 212 g/mol. The molecule has 3 nitrogen and oxygen atoms in total. The van der Waals surface area contributed by atoms with Crippen LogP contribution in [0.5, 0.6) is 0 Å². The Balaban J connectivity index is 1.79. The maximum absolute atomic E-state index is 11.7. The SMILES string of the molecule is Cc1ccn(CCCN2CCCCC2)c(=O)c1. The van der Waals surface area contributed by atoms with Crippen LogP contribution in [-0.2, 0) is 6.54 Å². The van der Waals surface area contributed by atoms with Crippen molar-refractivity contribution < 1.29 is 0 Å². The van der Waals surface area contributed by atoms with Gasteiger partial charge in [0.25, 0.3) is 5.56 Å². The van der Waals surface area contributed by atoms with E-state index in [4.69, 9.17) is 0 Å². The molecule has 1 aliphatic heterocycles. The molecule has 0 aromatic carbocycles. The van der Waals surface area contributed by atoms with Gasteiger partial charge in [-0.3, -0.25) is 4.79 Å². The van der Waals surface area contributed by atoms with Crippen molar-refractivity contribution in [2.45, 2.75) is 39.2 Å². The van der Waals surface area contributed by atoms with E-state index >= 15 is 0 Å². The molecule has 1 aromatic rings. The third-order valence-corrected chi connectivity index (χ3v) is 3.47. The smallest absolute Gasteiger partial charge is 0.250 e. The van der Waals surface area contributed by atoms with Crippen LogP contribution in [-0.4, -0.2) is 29.1 Å². The van der Waals surface area contributed by atoms with Gasteiger partial charge in [-0.1, -0.05) is 6.42 Å². The first kappa shape index (κ1) is 12.4. The van der Waals surface area contributed by atoms with E-state index in [1.807, 2.05) is 23.8 Å². The summed E-state index contributed by atoms with van der Waals surface area (Å²) in [5.74, 6) is 0. The number of piperidine rings is 1. The van der Waals surface area contributed by atoms with Gasteiger partial charge in [-0.2, -0.15) is 0 Å². The standard InChI is InChI=1S/C14H22N2O/c1-13-6-11-16(14(17)12-13)10-5-9-15-7-3-2-4-8-15/h6,11-12H,2-5,7-10H2,1H3. The molecule has 1 aliphatic rings. The molecule has 1 fully saturated rings. The molecule has 2 heterocycles. The lowest BCUT2D eigenvalue weighted by Gasteiger charge is -2.26. The second kappa shape index (κ2) is 6.01. The Labute approximate surface area is 103 Å². The number of nitrogens with zero attached hydrogens (tertiary/aromatic N) is 2. The number of hydrogen-bond donors (Lipinski definition) is 0. The highest BCUT2D eigenvalue weighted by Gasteiger charge is 2.09. The van der Waals surface area contributed by atoms with Crippen molar-refractivity contribution in [1.29, 1.82) is 0 Å². The third-order valence-electron chi connectivity index (χ3n) is 3.47. The van der Waals surface area contributed by atoms with E-state index in [0.29, 0.717) is 0 Å². The maximum atomic E-state index is 11.7. The van der Waals surface area contributed by atoms with Gasteiger partial charge in [0.1, 0.15) is 0 Å². The number of likely N-dealkylation sites (tertiary alicyclic amines) is 1. The Morgan fingerprint density at radius 2 is 1.94 bits per heavy atom. The Morgan fingerprint density at radius 1 is 1.18 bits per heavy atom. The molecule has 2 rings (SSSR count). The average Bonchev–Trinajstić information content (AvgIpc) is 2.33. The van der Waals surface area contributed by atoms with Crippen LogP contribution in [0, 0.1) is 6.92 Å². The average molecular weight is 234 g/mol. The molecule has 0 N–H and O–H groups in total. The van der Waals surface area contributed by atoms with E-state index in [1.165, 1.54) is 32.4 Å². The zero-order valence-corrected chi connectivity index (χ0v) is 10.7. The second-order valence-corrected chi connectivity index (χ2v) is 4.99. The molecule has 17 heavy (non-hydrogen) atoms. The Morgan fingerprint density at radius 3 is 2.65 bits per heavy atom. The predicted molar refractivity (Wildman–Crippen MR) is 70.3 cm³/mol. The highest BCUT2D eigenvalue weighted by molar-refractivity contribution is 5.07. The normalized spacial score (nSPS) is 17.2. The Bertz CT molecular complexity index is 405. The van der Waals surface area contributed by atoms with Crippen molar-refractivity contribution in [1.82, 2.24) is 9.47 Å². The van der Waals surface area contributed by atoms with Gasteiger partial charge < -0.3 is 9.47 Å². The second-order valence-electron chi connectivity index (χ2n) is 4.99. The molecule has 1 saturated heterocycles. The Kier molecular flexibility index (Phi) is 4.37. The van der Waals surface area contributed by atoms with E-state index in [0.717, 1.165) is 25.1 Å². The minimum Gasteiger partial charge on any atom is -0.315 e. The van der Waals surface area contributed by atoms with Gasteiger partial charge in [0.2, 0.25) is 0 Å². The fourth-order valence-electron chi connectivity index (χ4n) is 2.44. The van der Waals surface area contributed by atoms with Gasteiger partial charge in [0.15, 0.2) is 0 Å².